The van der Waals surface area contributed by atoms with Gasteiger partial charge in [-0.05, 0) is 67.3 Å². The molecule has 0 unspecified atom stereocenters. The second-order valence-electron chi connectivity index (χ2n) is 21.0. The average Bonchev–Trinajstić information content (AvgIpc) is 3.71. The molecule has 0 spiro atoms. The third-order valence-corrected chi connectivity index (χ3v) is 15.1. The highest BCUT2D eigenvalue weighted by Crippen LogP contribution is 2.41. The fraction of sp³-hybridized carbons (Fsp3) is 0.463. The van der Waals surface area contributed by atoms with Crippen molar-refractivity contribution in [2.75, 3.05) is 51.1 Å². The third-order valence-electron chi connectivity index (χ3n) is 14.2. The van der Waals surface area contributed by atoms with Gasteiger partial charge in [-0.3, -0.25) is 38.4 Å². The number of amides is 5. The Morgan fingerprint density at radius 1 is 0.920 bits per heavy atom. The predicted molar refractivity (Wildman–Crippen MR) is 282 cm³/mol. The maximum absolute atomic E-state index is 15.7. The van der Waals surface area contributed by atoms with Gasteiger partial charge in [-0.25, -0.2) is 19.3 Å². The van der Waals surface area contributed by atoms with Crippen molar-refractivity contribution < 1.29 is 33.5 Å². The number of piperazine rings is 1. The molecular weight excluding hydrogens is 978 g/mol. The van der Waals surface area contributed by atoms with Crippen LogP contribution >= 0.6 is 11.3 Å². The van der Waals surface area contributed by atoms with Crippen molar-refractivity contribution in [2.24, 2.45) is 5.41 Å². The summed E-state index contributed by atoms with van der Waals surface area (Å²) >= 11 is 1.57. The summed E-state index contributed by atoms with van der Waals surface area (Å²) in [5, 5.41) is 29.5. The molecule has 1 aliphatic carbocycles. The maximum Gasteiger partial charge on any atom is 0.254 e. The Hall–Kier alpha value is -7.10. The molecule has 6 N–H and O–H groups in total. The van der Waals surface area contributed by atoms with Gasteiger partial charge in [0, 0.05) is 88.1 Å². The van der Waals surface area contributed by atoms with Crippen molar-refractivity contribution >= 4 is 58.0 Å². The zero-order chi connectivity index (χ0) is 52.8. The lowest BCUT2D eigenvalue weighted by molar-refractivity contribution is -0.144. The van der Waals surface area contributed by atoms with E-state index in [2.05, 4.69) is 41.4 Å². The Bertz CT molecular complexity index is 3000. The Morgan fingerprint density at radius 2 is 1.69 bits per heavy atom. The Kier molecular flexibility index (Phi) is 16.3. The van der Waals surface area contributed by atoms with E-state index in [1.54, 1.807) is 47.0 Å². The minimum atomic E-state index is -0.907. The molecular formula is C54H66FN13O6S. The number of hydrogen-bond acceptors (Lipinski definition) is 13. The number of fused-ring (bicyclic) bond motifs is 1. The van der Waals surface area contributed by atoms with Gasteiger partial charge in [0.2, 0.25) is 23.6 Å². The number of anilines is 2. The highest BCUT2D eigenvalue weighted by molar-refractivity contribution is 7.13. The first-order chi connectivity index (χ1) is 36.1. The SMILES string of the molecule is Cc1ncsc1-c1ccc(CNC(=O)[C@@H]2C[C@@H](O)CN2C(=O)[C@@H](NC(=O)CCCCCCNC(=O)CN2CCN(C(=O)c3ccc(Nc4nc(C5CC5)cn5c(-c6cn[nH]c6)cnc45)c(F)c3)CC2)C(C)(C)C)cc1. The van der Waals surface area contributed by atoms with Gasteiger partial charge in [-0.1, -0.05) is 57.9 Å². The van der Waals surface area contributed by atoms with E-state index < -0.39 is 35.3 Å². The Balaban J connectivity index is 0.661. The van der Waals surface area contributed by atoms with Gasteiger partial charge in [0.25, 0.3) is 5.91 Å². The summed E-state index contributed by atoms with van der Waals surface area (Å²) in [7, 11) is 0. The molecule has 19 nitrogen and oxygen atoms in total. The molecule has 9 rings (SSSR count). The number of halogens is 1. The molecule has 5 amide bonds. The van der Waals surface area contributed by atoms with E-state index in [1.165, 1.54) is 11.0 Å². The number of β-amino-alcohol motifs (C(OH)–C–C–N with tert-alkyl or cyclic N) is 1. The maximum atomic E-state index is 15.7. The summed E-state index contributed by atoms with van der Waals surface area (Å²) in [5.41, 5.74) is 7.59. The van der Waals surface area contributed by atoms with Gasteiger partial charge < -0.3 is 36.2 Å². The van der Waals surface area contributed by atoms with Crippen LogP contribution in [0, 0.1) is 18.2 Å². The quantitative estimate of drug-likeness (QED) is 0.0488. The minimum Gasteiger partial charge on any atom is -0.391 e. The van der Waals surface area contributed by atoms with Crippen LogP contribution in [0.3, 0.4) is 0 Å². The van der Waals surface area contributed by atoms with Gasteiger partial charge in [0.1, 0.15) is 17.9 Å². The fourth-order valence-corrected chi connectivity index (χ4v) is 10.5. The molecule has 2 aromatic carbocycles. The number of nitrogens with zero attached hydrogens (tertiary/aromatic N) is 8. The summed E-state index contributed by atoms with van der Waals surface area (Å²) in [6.45, 7) is 10.3. The zero-order valence-corrected chi connectivity index (χ0v) is 43.7. The van der Waals surface area contributed by atoms with Crippen LogP contribution in [-0.4, -0.2) is 143 Å². The number of likely N-dealkylation sites (tertiary alicyclic amines) is 1. The molecule has 396 valence electrons. The van der Waals surface area contributed by atoms with Crippen molar-refractivity contribution in [1.82, 2.24) is 60.2 Å². The molecule has 2 aliphatic heterocycles. The highest BCUT2D eigenvalue weighted by Gasteiger charge is 2.44. The van der Waals surface area contributed by atoms with E-state index >= 15 is 4.39 Å². The Labute approximate surface area is 439 Å². The minimum absolute atomic E-state index is 0.00278. The molecule has 0 bridgehead atoms. The van der Waals surface area contributed by atoms with Crippen LogP contribution in [0.15, 0.2) is 72.8 Å². The number of benzene rings is 2. The van der Waals surface area contributed by atoms with Crippen LogP contribution in [0.5, 0.6) is 0 Å². The van der Waals surface area contributed by atoms with Crippen molar-refractivity contribution in [3.05, 3.63) is 101 Å². The van der Waals surface area contributed by atoms with E-state index in [0.29, 0.717) is 56.5 Å². The van der Waals surface area contributed by atoms with Crippen LogP contribution in [0.4, 0.5) is 15.9 Å². The van der Waals surface area contributed by atoms with Gasteiger partial charge >= 0.3 is 0 Å². The number of aliphatic hydroxyl groups is 1. The van der Waals surface area contributed by atoms with Crippen molar-refractivity contribution in [3.63, 3.8) is 0 Å². The first-order valence-electron chi connectivity index (χ1n) is 25.9. The average molecular weight is 1040 g/mol. The smallest absolute Gasteiger partial charge is 0.254 e. The summed E-state index contributed by atoms with van der Waals surface area (Å²) in [6.07, 6.45) is 11.6. The number of unbranched alkanes of at least 4 members (excludes halogenated alkanes) is 3. The number of H-pyrrole nitrogens is 1. The second kappa shape index (κ2) is 23.2. The largest absolute Gasteiger partial charge is 0.391 e. The summed E-state index contributed by atoms with van der Waals surface area (Å²) in [5.74, 6) is -1.26. The molecule has 21 heteroatoms. The van der Waals surface area contributed by atoms with Crippen LogP contribution in [0.2, 0.25) is 0 Å². The van der Waals surface area contributed by atoms with E-state index in [9.17, 15) is 29.1 Å². The van der Waals surface area contributed by atoms with Crippen molar-refractivity contribution in [1.29, 1.82) is 0 Å². The van der Waals surface area contributed by atoms with E-state index in [4.69, 9.17) is 4.98 Å². The highest BCUT2D eigenvalue weighted by atomic mass is 32.1. The molecule has 6 heterocycles. The fourth-order valence-electron chi connectivity index (χ4n) is 9.70. The number of aromatic amines is 1. The number of imidazole rings is 1. The lowest BCUT2D eigenvalue weighted by atomic mass is 9.85. The van der Waals surface area contributed by atoms with Crippen LogP contribution in [0.1, 0.15) is 105 Å². The van der Waals surface area contributed by atoms with Gasteiger partial charge in [-0.2, -0.15) is 5.10 Å². The van der Waals surface area contributed by atoms with E-state index in [-0.39, 0.29) is 67.4 Å². The first kappa shape index (κ1) is 52.8. The number of aryl methyl sites for hydroxylation is 1. The van der Waals surface area contributed by atoms with Crippen LogP contribution in [0.25, 0.3) is 27.3 Å². The number of thiazole rings is 1. The number of nitrogens with one attached hydrogen (secondary N) is 5. The second-order valence-corrected chi connectivity index (χ2v) is 21.8. The predicted octanol–water partition coefficient (Wildman–Crippen LogP) is 5.95. The first-order valence-corrected chi connectivity index (χ1v) is 26.7. The summed E-state index contributed by atoms with van der Waals surface area (Å²) < 4.78 is 17.6. The number of carbonyl (C=O) groups excluding carboxylic acids is 5. The normalized spacial score (nSPS) is 17.5. The molecule has 3 fully saturated rings. The number of aromatic nitrogens is 6. The molecule has 0 radical (unpaired) electrons. The Morgan fingerprint density at radius 3 is 2.39 bits per heavy atom. The number of hydrogen-bond donors (Lipinski definition) is 6. The van der Waals surface area contributed by atoms with E-state index in [1.807, 2.05) is 73.0 Å². The van der Waals surface area contributed by atoms with Gasteiger partial charge in [0.05, 0.1) is 58.2 Å². The van der Waals surface area contributed by atoms with E-state index in [0.717, 1.165) is 70.8 Å². The monoisotopic (exact) mass is 1040 g/mol. The van der Waals surface area contributed by atoms with Gasteiger partial charge in [0.15, 0.2) is 11.5 Å². The standard InChI is InChI=1S/C54H66FN13O6S/c1-33-47(75-32-59-33)36-12-10-34(11-13-36)25-58-51(72)43-24-39(69)29-68(43)53(74)48(54(2,3)4)64-45(70)9-7-5-6-8-18-56-46(71)31-65-19-21-66(22-20-65)52(73)37-16-17-41(40(55)23-37)62-49-50-57-28-44(38-26-60-61-27-38)67(50)30-42(63-49)35-14-15-35/h10-13,16-17,23,26-28,30,32,35,39,43,48,69H,5-9,14-15,18-22,24-25,29,31H2,1-4H3,(H,56,71)(H,58,72)(H,60,61)(H,62,63)(H,64,70)/t39-,43+,48-/m1/s1. The lowest BCUT2D eigenvalue weighted by Gasteiger charge is -2.35. The number of carbonyl (C=O) groups is 5. The molecule has 2 saturated heterocycles. The zero-order valence-electron chi connectivity index (χ0n) is 42.9. The summed E-state index contributed by atoms with van der Waals surface area (Å²) in [4.78, 5) is 86.9. The van der Waals surface area contributed by atoms with Crippen molar-refractivity contribution in [3.8, 4) is 21.7 Å². The molecule has 6 aromatic rings. The molecule has 4 aromatic heterocycles. The van der Waals surface area contributed by atoms with Crippen molar-refractivity contribution in [2.45, 2.75) is 110 Å². The molecule has 3 atom stereocenters. The van der Waals surface area contributed by atoms with Gasteiger partial charge in [-0.15, -0.1) is 11.3 Å². The molecule has 75 heavy (non-hydrogen) atoms. The van der Waals surface area contributed by atoms with Crippen LogP contribution < -0.4 is 21.3 Å². The lowest BCUT2D eigenvalue weighted by Crippen LogP contribution is -2.57. The third kappa shape index (κ3) is 12.9. The number of aliphatic hydroxyl groups excluding tert-OH is 1. The number of rotatable bonds is 20. The van der Waals surface area contributed by atoms with Crippen LogP contribution in [-0.2, 0) is 25.7 Å². The molecule has 3 aliphatic rings. The molecule has 1 saturated carbocycles. The summed E-state index contributed by atoms with van der Waals surface area (Å²) in [6, 6.07) is 10.5. The topological polar surface area (TPSA) is 235 Å².